The van der Waals surface area contributed by atoms with Crippen LogP contribution >= 0.6 is 0 Å². The summed E-state index contributed by atoms with van der Waals surface area (Å²) in [6.07, 6.45) is 4.74. The average Bonchev–Trinajstić information content (AvgIpc) is 2.96. The maximum Gasteiger partial charge on any atom is 0.244 e. The molecule has 0 saturated heterocycles. The molecular weight excluding hydrogens is 238 g/mol. The van der Waals surface area contributed by atoms with Crippen LogP contribution in [0.15, 0.2) is 23.4 Å². The van der Waals surface area contributed by atoms with Gasteiger partial charge in [-0.2, -0.15) is 0 Å². The van der Waals surface area contributed by atoms with Crippen molar-refractivity contribution in [2.24, 2.45) is 0 Å². The number of hydrogen-bond acceptors (Lipinski definition) is 4. The standard InChI is InChI=1S/C11H17N3O2S/c1-3-13-9-4-7-12-8-10(9)17(15,16)14-11(2)5-6-11/h4,7-8,14H,3,5-6H2,1-2H3,(H,12,13). The molecule has 6 heteroatoms. The summed E-state index contributed by atoms with van der Waals surface area (Å²) >= 11 is 0. The molecule has 0 atom stereocenters. The van der Waals surface area contributed by atoms with Gasteiger partial charge in [0.25, 0.3) is 0 Å². The molecule has 1 aromatic rings. The van der Waals surface area contributed by atoms with Gasteiger partial charge < -0.3 is 5.32 Å². The Morgan fingerprint density at radius 1 is 1.47 bits per heavy atom. The Balaban J connectivity index is 2.31. The van der Waals surface area contributed by atoms with Crippen LogP contribution in [0.5, 0.6) is 0 Å². The lowest BCUT2D eigenvalue weighted by atomic mass is 10.4. The predicted octanol–water partition coefficient (Wildman–Crippen LogP) is 1.34. The fourth-order valence-electron chi connectivity index (χ4n) is 1.60. The van der Waals surface area contributed by atoms with Crippen molar-refractivity contribution < 1.29 is 8.42 Å². The van der Waals surface area contributed by atoms with Crippen molar-refractivity contribution in [2.45, 2.75) is 37.1 Å². The summed E-state index contributed by atoms with van der Waals surface area (Å²) < 4.78 is 27.1. The summed E-state index contributed by atoms with van der Waals surface area (Å²) in [7, 11) is -3.48. The summed E-state index contributed by atoms with van der Waals surface area (Å²) in [6, 6.07) is 1.67. The predicted molar refractivity (Wildman–Crippen MR) is 66.4 cm³/mol. The SMILES string of the molecule is CCNc1ccncc1S(=O)(=O)NC1(C)CC1. The first-order valence-electron chi connectivity index (χ1n) is 5.69. The Hall–Kier alpha value is -1.14. The van der Waals surface area contributed by atoms with E-state index in [0.29, 0.717) is 12.2 Å². The van der Waals surface area contributed by atoms with Crippen molar-refractivity contribution >= 4 is 15.7 Å². The highest BCUT2D eigenvalue weighted by Crippen LogP contribution is 2.36. The van der Waals surface area contributed by atoms with Gasteiger partial charge in [-0.15, -0.1) is 0 Å². The van der Waals surface area contributed by atoms with Crippen LogP contribution in [0.2, 0.25) is 0 Å². The summed E-state index contributed by atoms with van der Waals surface area (Å²) in [4.78, 5) is 4.10. The molecule has 5 nitrogen and oxygen atoms in total. The first-order chi connectivity index (χ1) is 7.97. The van der Waals surface area contributed by atoms with Crippen LogP contribution in [0.3, 0.4) is 0 Å². The third-order valence-electron chi connectivity index (χ3n) is 2.82. The lowest BCUT2D eigenvalue weighted by Gasteiger charge is -2.15. The molecule has 2 rings (SSSR count). The van der Waals surface area contributed by atoms with E-state index < -0.39 is 10.0 Å². The summed E-state index contributed by atoms with van der Waals surface area (Å²) in [5, 5.41) is 3.03. The third-order valence-corrected chi connectivity index (χ3v) is 4.49. The number of aromatic nitrogens is 1. The summed E-state index contributed by atoms with van der Waals surface area (Å²) in [6.45, 7) is 4.50. The molecule has 1 aliphatic rings. The van der Waals surface area contributed by atoms with Gasteiger partial charge in [0.15, 0.2) is 0 Å². The molecule has 1 fully saturated rings. The van der Waals surface area contributed by atoms with Crippen molar-refractivity contribution in [3.8, 4) is 0 Å². The van der Waals surface area contributed by atoms with Crippen molar-refractivity contribution in [1.29, 1.82) is 0 Å². The molecule has 0 amide bonds. The zero-order valence-corrected chi connectivity index (χ0v) is 10.8. The maximum atomic E-state index is 12.2. The zero-order chi connectivity index (χ0) is 12.5. The van der Waals surface area contributed by atoms with Gasteiger partial charge in [0.05, 0.1) is 5.69 Å². The van der Waals surface area contributed by atoms with E-state index in [2.05, 4.69) is 15.0 Å². The first-order valence-corrected chi connectivity index (χ1v) is 7.17. The van der Waals surface area contributed by atoms with Gasteiger partial charge in [-0.05, 0) is 32.8 Å². The molecule has 0 aliphatic heterocycles. The number of pyridine rings is 1. The normalized spacial score (nSPS) is 17.8. The van der Waals surface area contributed by atoms with Crippen molar-refractivity contribution in [1.82, 2.24) is 9.71 Å². The zero-order valence-electron chi connectivity index (χ0n) is 10.0. The van der Waals surface area contributed by atoms with E-state index in [0.717, 1.165) is 12.8 Å². The van der Waals surface area contributed by atoms with E-state index in [1.54, 1.807) is 12.3 Å². The van der Waals surface area contributed by atoms with Crippen molar-refractivity contribution in [3.63, 3.8) is 0 Å². The number of rotatable bonds is 5. The van der Waals surface area contributed by atoms with E-state index in [-0.39, 0.29) is 10.4 Å². The van der Waals surface area contributed by atoms with E-state index >= 15 is 0 Å². The molecule has 94 valence electrons. The molecule has 0 spiro atoms. The molecule has 0 unspecified atom stereocenters. The Morgan fingerprint density at radius 3 is 2.76 bits per heavy atom. The number of nitrogens with zero attached hydrogens (tertiary/aromatic N) is 1. The van der Waals surface area contributed by atoms with Crippen molar-refractivity contribution in [2.75, 3.05) is 11.9 Å². The van der Waals surface area contributed by atoms with Gasteiger partial charge in [0.1, 0.15) is 4.90 Å². The Labute approximate surface area is 102 Å². The second-order valence-corrected chi connectivity index (χ2v) is 6.22. The minimum atomic E-state index is -3.48. The van der Waals surface area contributed by atoms with Gasteiger partial charge in [-0.25, -0.2) is 13.1 Å². The number of sulfonamides is 1. The summed E-state index contributed by atoms with van der Waals surface area (Å²) in [5.41, 5.74) is 0.331. The molecule has 0 bridgehead atoms. The second kappa shape index (κ2) is 4.27. The Kier molecular flexibility index (Phi) is 3.09. The van der Waals surface area contributed by atoms with Crippen LogP contribution in [0.4, 0.5) is 5.69 Å². The summed E-state index contributed by atoms with van der Waals surface area (Å²) in [5.74, 6) is 0. The maximum absolute atomic E-state index is 12.2. The number of hydrogen-bond donors (Lipinski definition) is 2. The van der Waals surface area contributed by atoms with Crippen LogP contribution in [0.1, 0.15) is 26.7 Å². The minimum absolute atomic E-state index is 0.218. The molecule has 0 aromatic carbocycles. The fourth-order valence-corrected chi connectivity index (χ4v) is 3.19. The van der Waals surface area contributed by atoms with Gasteiger partial charge >= 0.3 is 0 Å². The monoisotopic (exact) mass is 255 g/mol. The quantitative estimate of drug-likeness (QED) is 0.833. The average molecular weight is 255 g/mol. The van der Waals surface area contributed by atoms with Gasteiger partial charge in [0, 0.05) is 24.5 Å². The lowest BCUT2D eigenvalue weighted by molar-refractivity contribution is 0.558. The number of anilines is 1. The molecule has 2 N–H and O–H groups in total. The highest BCUT2D eigenvalue weighted by atomic mass is 32.2. The van der Waals surface area contributed by atoms with E-state index in [9.17, 15) is 8.42 Å². The minimum Gasteiger partial charge on any atom is -0.384 e. The Morgan fingerprint density at radius 2 is 2.18 bits per heavy atom. The topological polar surface area (TPSA) is 71.1 Å². The van der Waals surface area contributed by atoms with Crippen LogP contribution < -0.4 is 10.0 Å². The highest BCUT2D eigenvalue weighted by molar-refractivity contribution is 7.89. The van der Waals surface area contributed by atoms with Crippen LogP contribution in [-0.2, 0) is 10.0 Å². The highest BCUT2D eigenvalue weighted by Gasteiger charge is 2.41. The Bertz CT molecular complexity index is 509. The second-order valence-electron chi connectivity index (χ2n) is 4.57. The molecule has 17 heavy (non-hydrogen) atoms. The van der Waals surface area contributed by atoms with Gasteiger partial charge in [-0.3, -0.25) is 4.98 Å². The largest absolute Gasteiger partial charge is 0.384 e. The van der Waals surface area contributed by atoms with Gasteiger partial charge in [-0.1, -0.05) is 0 Å². The molecule has 1 aromatic heterocycles. The fraction of sp³-hybridized carbons (Fsp3) is 0.545. The van der Waals surface area contributed by atoms with E-state index in [1.165, 1.54) is 6.20 Å². The third kappa shape index (κ3) is 2.76. The molecule has 1 saturated carbocycles. The van der Waals surface area contributed by atoms with E-state index in [1.807, 2.05) is 13.8 Å². The van der Waals surface area contributed by atoms with Crippen LogP contribution in [-0.4, -0.2) is 25.5 Å². The van der Waals surface area contributed by atoms with E-state index in [4.69, 9.17) is 0 Å². The molecular formula is C11H17N3O2S. The van der Waals surface area contributed by atoms with Crippen LogP contribution in [0.25, 0.3) is 0 Å². The molecule has 1 heterocycles. The molecule has 1 aliphatic carbocycles. The number of nitrogens with one attached hydrogen (secondary N) is 2. The molecule has 0 radical (unpaired) electrons. The van der Waals surface area contributed by atoms with Gasteiger partial charge in [0.2, 0.25) is 10.0 Å². The van der Waals surface area contributed by atoms with Crippen LogP contribution in [0, 0.1) is 0 Å². The first kappa shape index (κ1) is 12.3. The smallest absolute Gasteiger partial charge is 0.244 e. The van der Waals surface area contributed by atoms with Crippen molar-refractivity contribution in [3.05, 3.63) is 18.5 Å². The lowest BCUT2D eigenvalue weighted by Crippen LogP contribution is -2.34.